The van der Waals surface area contributed by atoms with E-state index in [0.717, 1.165) is 10.2 Å². The van der Waals surface area contributed by atoms with Crippen LogP contribution >= 0.6 is 0 Å². The van der Waals surface area contributed by atoms with Crippen molar-refractivity contribution < 1.29 is 22.7 Å². The number of ether oxygens (including phenoxy) is 1. The molecule has 0 spiro atoms. The molecule has 1 N–H and O–H groups in total. The summed E-state index contributed by atoms with van der Waals surface area (Å²) in [7, 11) is 0. The Hall–Kier alpha value is -2.51. The van der Waals surface area contributed by atoms with Crippen molar-refractivity contribution in [3.63, 3.8) is 0 Å². The zero-order valence-electron chi connectivity index (χ0n) is 13.7. The number of fused-ring (bicyclic) bond motifs is 1. The highest BCUT2D eigenvalue weighted by Gasteiger charge is 2.46. The molecule has 0 bridgehead atoms. The molecule has 0 amide bonds. The lowest BCUT2D eigenvalue weighted by molar-refractivity contribution is -0.173. The monoisotopic (exact) mass is 353 g/mol. The standard InChI is InChI=1S/C17H18F3N3O2/c1-10(2)25-16(24)13-9-15-21-12(11-6-4-3-5-7-11)8-14(17(18,19)20)23(15)22-13/h3-7,9-10,12,14,21H,8H2,1-2H3. The molecule has 1 aromatic heterocycles. The van der Waals surface area contributed by atoms with Gasteiger partial charge in [-0.15, -0.1) is 0 Å². The van der Waals surface area contributed by atoms with Crippen LogP contribution in [0.4, 0.5) is 19.0 Å². The van der Waals surface area contributed by atoms with Crippen LogP contribution in [0.5, 0.6) is 0 Å². The number of carbonyl (C=O) groups excluding carboxylic acids is 1. The summed E-state index contributed by atoms with van der Waals surface area (Å²) in [6.07, 6.45) is -5.06. The number of anilines is 1. The summed E-state index contributed by atoms with van der Waals surface area (Å²) >= 11 is 0. The maximum Gasteiger partial charge on any atom is 0.410 e. The number of hydrogen-bond donors (Lipinski definition) is 1. The third-order valence-electron chi connectivity index (χ3n) is 3.94. The van der Waals surface area contributed by atoms with E-state index in [1.54, 1.807) is 44.2 Å². The summed E-state index contributed by atoms with van der Waals surface area (Å²) in [5.41, 5.74) is 0.606. The number of benzene rings is 1. The summed E-state index contributed by atoms with van der Waals surface area (Å²) in [6.45, 7) is 3.33. The van der Waals surface area contributed by atoms with Gasteiger partial charge in [0.2, 0.25) is 0 Å². The van der Waals surface area contributed by atoms with Crippen LogP contribution in [0.3, 0.4) is 0 Å². The number of esters is 1. The number of nitrogens with zero attached hydrogens (tertiary/aromatic N) is 2. The molecule has 8 heteroatoms. The zero-order chi connectivity index (χ0) is 18.2. The third-order valence-corrected chi connectivity index (χ3v) is 3.94. The van der Waals surface area contributed by atoms with Gasteiger partial charge in [-0.05, 0) is 19.4 Å². The Kier molecular flexibility index (Phi) is 4.45. The molecule has 25 heavy (non-hydrogen) atoms. The summed E-state index contributed by atoms with van der Waals surface area (Å²) in [5, 5.41) is 6.88. The van der Waals surface area contributed by atoms with E-state index in [0.29, 0.717) is 0 Å². The van der Waals surface area contributed by atoms with Gasteiger partial charge in [0.1, 0.15) is 5.82 Å². The van der Waals surface area contributed by atoms with E-state index in [9.17, 15) is 18.0 Å². The molecule has 0 saturated carbocycles. The van der Waals surface area contributed by atoms with Crippen molar-refractivity contribution in [1.29, 1.82) is 0 Å². The molecular formula is C17H18F3N3O2. The SMILES string of the molecule is CC(C)OC(=O)c1cc2n(n1)C(C(F)(F)F)CC(c1ccccc1)N2. The predicted molar refractivity (Wildman–Crippen MR) is 85.3 cm³/mol. The van der Waals surface area contributed by atoms with Crippen LogP contribution in [0, 0.1) is 0 Å². The topological polar surface area (TPSA) is 56.2 Å². The second-order valence-electron chi connectivity index (χ2n) is 6.21. The largest absolute Gasteiger partial charge is 0.458 e. The van der Waals surface area contributed by atoms with E-state index in [-0.39, 0.29) is 24.0 Å². The van der Waals surface area contributed by atoms with Crippen molar-refractivity contribution in [2.75, 3.05) is 5.32 Å². The van der Waals surface area contributed by atoms with Crippen LogP contribution < -0.4 is 5.32 Å². The number of aromatic nitrogens is 2. The Bertz CT molecular complexity index is 756. The van der Waals surface area contributed by atoms with Crippen LogP contribution in [0.2, 0.25) is 0 Å². The van der Waals surface area contributed by atoms with Crippen LogP contribution in [0.15, 0.2) is 36.4 Å². The lowest BCUT2D eigenvalue weighted by atomic mass is 9.97. The Morgan fingerprint density at radius 2 is 2.00 bits per heavy atom. The van der Waals surface area contributed by atoms with Crippen LogP contribution in [-0.4, -0.2) is 28.0 Å². The van der Waals surface area contributed by atoms with Crippen molar-refractivity contribution in [1.82, 2.24) is 9.78 Å². The average molecular weight is 353 g/mol. The molecule has 0 saturated heterocycles. The first kappa shape index (κ1) is 17.3. The number of hydrogen-bond acceptors (Lipinski definition) is 4. The van der Waals surface area contributed by atoms with Crippen LogP contribution in [0.1, 0.15) is 48.4 Å². The van der Waals surface area contributed by atoms with E-state index in [4.69, 9.17) is 4.74 Å². The van der Waals surface area contributed by atoms with Crippen molar-refractivity contribution >= 4 is 11.8 Å². The zero-order valence-corrected chi connectivity index (χ0v) is 13.7. The minimum atomic E-state index is -4.48. The number of carbonyl (C=O) groups is 1. The van der Waals surface area contributed by atoms with E-state index in [1.165, 1.54) is 6.07 Å². The van der Waals surface area contributed by atoms with E-state index in [2.05, 4.69) is 10.4 Å². The molecule has 3 rings (SSSR count). The van der Waals surface area contributed by atoms with Gasteiger partial charge in [0.05, 0.1) is 12.1 Å². The summed E-state index contributed by atoms with van der Waals surface area (Å²) < 4.78 is 46.4. The molecule has 134 valence electrons. The molecular weight excluding hydrogens is 335 g/mol. The second-order valence-corrected chi connectivity index (χ2v) is 6.21. The fourth-order valence-corrected chi connectivity index (χ4v) is 2.85. The molecule has 0 aliphatic carbocycles. The molecule has 2 unspecified atom stereocenters. The highest BCUT2D eigenvalue weighted by atomic mass is 19.4. The second kappa shape index (κ2) is 6.42. The molecule has 0 fully saturated rings. The third kappa shape index (κ3) is 3.62. The van der Waals surface area contributed by atoms with Gasteiger partial charge in [-0.2, -0.15) is 18.3 Å². The van der Waals surface area contributed by atoms with Gasteiger partial charge in [-0.25, -0.2) is 9.48 Å². The fourth-order valence-electron chi connectivity index (χ4n) is 2.85. The van der Waals surface area contributed by atoms with Gasteiger partial charge in [-0.1, -0.05) is 30.3 Å². The van der Waals surface area contributed by atoms with Gasteiger partial charge in [0.25, 0.3) is 0 Å². The predicted octanol–water partition coefficient (Wildman–Crippen LogP) is 4.11. The van der Waals surface area contributed by atoms with Gasteiger partial charge >= 0.3 is 12.1 Å². The maximum atomic E-state index is 13.5. The summed E-state index contributed by atoms with van der Waals surface area (Å²) in [5.74, 6) is -0.589. The minimum absolute atomic E-state index is 0.140. The fraction of sp³-hybridized carbons (Fsp3) is 0.412. The van der Waals surface area contributed by atoms with Crippen LogP contribution in [0.25, 0.3) is 0 Å². The summed E-state index contributed by atoms with van der Waals surface area (Å²) in [4.78, 5) is 12.0. The molecule has 1 aliphatic heterocycles. The van der Waals surface area contributed by atoms with E-state index in [1.807, 2.05) is 0 Å². The van der Waals surface area contributed by atoms with Gasteiger partial charge < -0.3 is 10.1 Å². The molecule has 5 nitrogen and oxygen atoms in total. The Morgan fingerprint density at radius 1 is 1.32 bits per heavy atom. The smallest absolute Gasteiger partial charge is 0.410 e. The highest BCUT2D eigenvalue weighted by molar-refractivity contribution is 5.88. The molecule has 2 atom stereocenters. The molecule has 2 aromatic rings. The van der Waals surface area contributed by atoms with E-state index < -0.39 is 24.2 Å². The number of rotatable bonds is 3. The highest BCUT2D eigenvalue weighted by Crippen LogP contribution is 2.43. The molecule has 1 aliphatic rings. The Balaban J connectivity index is 1.96. The number of alkyl halides is 3. The Morgan fingerprint density at radius 3 is 2.60 bits per heavy atom. The van der Waals surface area contributed by atoms with Gasteiger partial charge in [0.15, 0.2) is 11.7 Å². The first-order valence-electron chi connectivity index (χ1n) is 7.94. The van der Waals surface area contributed by atoms with Crippen molar-refractivity contribution in [3.05, 3.63) is 47.7 Å². The van der Waals surface area contributed by atoms with E-state index >= 15 is 0 Å². The minimum Gasteiger partial charge on any atom is -0.458 e. The first-order valence-corrected chi connectivity index (χ1v) is 7.94. The average Bonchev–Trinajstić information content (AvgIpc) is 2.97. The van der Waals surface area contributed by atoms with Crippen molar-refractivity contribution in [2.45, 2.75) is 44.6 Å². The van der Waals surface area contributed by atoms with Crippen molar-refractivity contribution in [2.24, 2.45) is 0 Å². The number of nitrogens with one attached hydrogen (secondary N) is 1. The lowest BCUT2D eigenvalue weighted by Gasteiger charge is -2.33. The molecule has 1 aromatic carbocycles. The first-order chi connectivity index (χ1) is 11.8. The quantitative estimate of drug-likeness (QED) is 0.844. The maximum absolute atomic E-state index is 13.5. The summed E-state index contributed by atoms with van der Waals surface area (Å²) in [6, 6.07) is 7.86. The van der Waals surface area contributed by atoms with Crippen LogP contribution in [-0.2, 0) is 4.74 Å². The Labute approximate surface area is 142 Å². The lowest BCUT2D eigenvalue weighted by Crippen LogP contribution is -2.35. The van der Waals surface area contributed by atoms with Gasteiger partial charge in [0, 0.05) is 12.5 Å². The normalized spacial score (nSPS) is 20.1. The molecule has 0 radical (unpaired) electrons. The van der Waals surface area contributed by atoms with Gasteiger partial charge in [-0.3, -0.25) is 0 Å². The number of halogens is 3. The van der Waals surface area contributed by atoms with Crippen molar-refractivity contribution in [3.8, 4) is 0 Å². The molecule has 2 heterocycles.